The molecule has 9 heteroatoms. The molecular weight excluding hydrogens is 434 g/mol. The van der Waals surface area contributed by atoms with Gasteiger partial charge in [0, 0.05) is 25.7 Å². The number of morpholine rings is 1. The summed E-state index contributed by atoms with van der Waals surface area (Å²) in [5, 5.41) is 0.658. The van der Waals surface area contributed by atoms with Gasteiger partial charge in [-0.3, -0.25) is 9.69 Å². The topological polar surface area (TPSA) is 79.8 Å². The van der Waals surface area contributed by atoms with Crippen LogP contribution in [0.25, 0.3) is 16.3 Å². The van der Waals surface area contributed by atoms with Crippen LogP contribution in [0.5, 0.6) is 0 Å². The fourth-order valence-electron chi connectivity index (χ4n) is 3.31. The summed E-state index contributed by atoms with van der Waals surface area (Å²) in [7, 11) is -3.53. The lowest BCUT2D eigenvalue weighted by molar-refractivity contribution is -0.114. The number of sulfonamides is 1. The quantitative estimate of drug-likeness (QED) is 0.530. The van der Waals surface area contributed by atoms with Gasteiger partial charge in [0.15, 0.2) is 5.13 Å². The maximum Gasteiger partial charge on any atom is 0.252 e. The molecule has 1 aromatic heterocycles. The highest BCUT2D eigenvalue weighted by atomic mass is 32.2. The van der Waals surface area contributed by atoms with E-state index in [0.29, 0.717) is 38.0 Å². The molecule has 4 rings (SSSR count). The average Bonchev–Trinajstić information content (AvgIpc) is 3.23. The SMILES string of the molecule is CCN(C(=O)/C=C/c1ccc(S(=O)(=O)N2CCOCC2)cc1)c1nc2ccccc2s1. The normalized spacial score (nSPS) is 15.5. The van der Waals surface area contributed by atoms with Crippen LogP contribution in [-0.4, -0.2) is 56.5 Å². The summed E-state index contributed by atoms with van der Waals surface area (Å²) in [6.07, 6.45) is 3.17. The molecule has 3 aromatic rings. The van der Waals surface area contributed by atoms with Crippen LogP contribution in [-0.2, 0) is 19.6 Å². The minimum atomic E-state index is -3.53. The summed E-state index contributed by atoms with van der Waals surface area (Å²) in [6.45, 7) is 3.94. The van der Waals surface area contributed by atoms with Crippen molar-refractivity contribution >= 4 is 48.7 Å². The van der Waals surface area contributed by atoms with Gasteiger partial charge >= 0.3 is 0 Å². The number of likely N-dealkylation sites (N-methyl/N-ethyl adjacent to an activating group) is 1. The molecule has 1 aliphatic heterocycles. The molecule has 0 saturated carbocycles. The average molecular weight is 458 g/mol. The van der Waals surface area contributed by atoms with E-state index in [9.17, 15) is 13.2 Å². The predicted octanol–water partition coefficient (Wildman–Crippen LogP) is 3.38. The Morgan fingerprint density at radius 2 is 1.87 bits per heavy atom. The molecule has 7 nitrogen and oxygen atoms in total. The Bertz CT molecular complexity index is 1160. The molecule has 0 aliphatic carbocycles. The molecule has 2 heterocycles. The number of nitrogens with zero attached hydrogens (tertiary/aromatic N) is 3. The van der Waals surface area contributed by atoms with Crippen LogP contribution in [0.15, 0.2) is 59.5 Å². The molecular formula is C22H23N3O4S2. The fraction of sp³-hybridized carbons (Fsp3) is 0.273. The number of ether oxygens (including phenoxy) is 1. The Morgan fingerprint density at radius 3 is 2.55 bits per heavy atom. The van der Waals surface area contributed by atoms with Gasteiger partial charge in [-0.05, 0) is 42.8 Å². The highest BCUT2D eigenvalue weighted by molar-refractivity contribution is 7.89. The second-order valence-electron chi connectivity index (χ2n) is 6.97. The van der Waals surface area contributed by atoms with Crippen LogP contribution in [0, 0.1) is 0 Å². The first-order valence-corrected chi connectivity index (χ1v) is 12.3. The third-order valence-corrected chi connectivity index (χ3v) is 7.97. The van der Waals surface area contributed by atoms with E-state index in [4.69, 9.17) is 4.74 Å². The molecule has 2 aromatic carbocycles. The summed E-state index contributed by atoms with van der Waals surface area (Å²) < 4.78 is 33.1. The molecule has 0 radical (unpaired) electrons. The molecule has 1 saturated heterocycles. The standard InChI is InChI=1S/C22H23N3O4S2/c1-2-25(22-23-19-5-3-4-6-20(19)30-22)21(26)12-9-17-7-10-18(11-8-17)31(27,28)24-13-15-29-16-14-24/h3-12H,2,13-16H2,1H3/b12-9+. The molecule has 0 unspecified atom stereocenters. The molecule has 0 atom stereocenters. The number of carbonyl (C=O) groups is 1. The smallest absolute Gasteiger partial charge is 0.252 e. The van der Waals surface area contributed by atoms with E-state index in [1.165, 1.54) is 21.7 Å². The number of para-hydroxylation sites is 1. The second kappa shape index (κ2) is 9.27. The van der Waals surface area contributed by atoms with Gasteiger partial charge < -0.3 is 4.74 Å². The zero-order valence-corrected chi connectivity index (χ0v) is 18.7. The van der Waals surface area contributed by atoms with Crippen LogP contribution >= 0.6 is 11.3 Å². The van der Waals surface area contributed by atoms with E-state index in [-0.39, 0.29) is 10.8 Å². The van der Waals surface area contributed by atoms with Crippen molar-refractivity contribution in [3.05, 3.63) is 60.2 Å². The summed E-state index contributed by atoms with van der Waals surface area (Å²) >= 11 is 1.48. The number of fused-ring (bicyclic) bond motifs is 1. The van der Waals surface area contributed by atoms with E-state index < -0.39 is 10.0 Å². The summed E-state index contributed by atoms with van der Waals surface area (Å²) in [5.74, 6) is -0.174. The molecule has 1 fully saturated rings. The highest BCUT2D eigenvalue weighted by Crippen LogP contribution is 2.28. The van der Waals surface area contributed by atoms with Crippen molar-refractivity contribution in [1.29, 1.82) is 0 Å². The summed E-state index contributed by atoms with van der Waals surface area (Å²) in [5.41, 5.74) is 1.62. The van der Waals surface area contributed by atoms with E-state index in [1.54, 1.807) is 35.2 Å². The minimum absolute atomic E-state index is 0.174. The lowest BCUT2D eigenvalue weighted by Crippen LogP contribution is -2.40. The van der Waals surface area contributed by atoms with Crippen LogP contribution in [0.1, 0.15) is 12.5 Å². The first-order chi connectivity index (χ1) is 15.0. The van der Waals surface area contributed by atoms with Gasteiger partial charge in [0.05, 0.1) is 28.3 Å². The lowest BCUT2D eigenvalue weighted by atomic mass is 10.2. The zero-order valence-electron chi connectivity index (χ0n) is 17.1. The third-order valence-electron chi connectivity index (χ3n) is 5.00. The van der Waals surface area contributed by atoms with Crippen molar-refractivity contribution in [1.82, 2.24) is 9.29 Å². The van der Waals surface area contributed by atoms with E-state index in [2.05, 4.69) is 4.98 Å². The number of benzene rings is 2. The van der Waals surface area contributed by atoms with Gasteiger partial charge in [-0.1, -0.05) is 35.6 Å². The van der Waals surface area contributed by atoms with Crippen LogP contribution < -0.4 is 4.90 Å². The van der Waals surface area contributed by atoms with Gasteiger partial charge in [0.1, 0.15) is 0 Å². The first-order valence-electron chi connectivity index (χ1n) is 10.0. The van der Waals surface area contributed by atoms with E-state index in [0.717, 1.165) is 15.8 Å². The molecule has 0 bridgehead atoms. The number of anilines is 1. The highest BCUT2D eigenvalue weighted by Gasteiger charge is 2.26. The fourth-order valence-corrected chi connectivity index (χ4v) is 5.75. The summed E-state index contributed by atoms with van der Waals surface area (Å²) in [6, 6.07) is 14.3. The Hall–Kier alpha value is -2.59. The molecule has 1 aliphatic rings. The lowest BCUT2D eigenvalue weighted by Gasteiger charge is -2.26. The zero-order chi connectivity index (χ0) is 21.8. The van der Waals surface area contributed by atoms with Crippen molar-refractivity contribution in [3.8, 4) is 0 Å². The van der Waals surface area contributed by atoms with Gasteiger partial charge in [-0.15, -0.1) is 0 Å². The monoisotopic (exact) mass is 457 g/mol. The molecule has 0 N–H and O–H groups in total. The van der Waals surface area contributed by atoms with Gasteiger partial charge in [0.25, 0.3) is 5.91 Å². The van der Waals surface area contributed by atoms with Crippen molar-refractivity contribution in [2.75, 3.05) is 37.7 Å². The Balaban J connectivity index is 1.47. The predicted molar refractivity (Wildman–Crippen MR) is 123 cm³/mol. The first kappa shape index (κ1) is 21.6. The maximum atomic E-state index is 12.7. The van der Waals surface area contributed by atoms with Crippen LogP contribution in [0.3, 0.4) is 0 Å². The number of aromatic nitrogens is 1. The molecule has 0 spiro atoms. The Morgan fingerprint density at radius 1 is 1.16 bits per heavy atom. The van der Waals surface area contributed by atoms with Crippen LogP contribution in [0.2, 0.25) is 0 Å². The molecule has 162 valence electrons. The van der Waals surface area contributed by atoms with Crippen molar-refractivity contribution < 1.29 is 17.9 Å². The summed E-state index contributed by atoms with van der Waals surface area (Å²) in [4.78, 5) is 19.2. The minimum Gasteiger partial charge on any atom is -0.379 e. The number of carbonyl (C=O) groups excluding carboxylic acids is 1. The number of hydrogen-bond acceptors (Lipinski definition) is 6. The Labute approximate surface area is 185 Å². The Kier molecular flexibility index (Phi) is 6.47. The van der Waals surface area contributed by atoms with Crippen molar-refractivity contribution in [2.45, 2.75) is 11.8 Å². The number of rotatable bonds is 6. The number of amides is 1. The van der Waals surface area contributed by atoms with Gasteiger partial charge in [-0.25, -0.2) is 13.4 Å². The van der Waals surface area contributed by atoms with Gasteiger partial charge in [-0.2, -0.15) is 4.31 Å². The van der Waals surface area contributed by atoms with Gasteiger partial charge in [0.2, 0.25) is 10.0 Å². The molecule has 1 amide bonds. The van der Waals surface area contributed by atoms with Crippen molar-refractivity contribution in [3.63, 3.8) is 0 Å². The van der Waals surface area contributed by atoms with Crippen LogP contribution in [0.4, 0.5) is 5.13 Å². The number of hydrogen-bond donors (Lipinski definition) is 0. The van der Waals surface area contributed by atoms with E-state index >= 15 is 0 Å². The maximum absolute atomic E-state index is 12.7. The largest absolute Gasteiger partial charge is 0.379 e. The third kappa shape index (κ3) is 4.69. The second-order valence-corrected chi connectivity index (χ2v) is 9.91. The van der Waals surface area contributed by atoms with E-state index in [1.807, 2.05) is 31.2 Å². The van der Waals surface area contributed by atoms with Crippen molar-refractivity contribution in [2.24, 2.45) is 0 Å². The number of thiazole rings is 1. The molecule has 31 heavy (non-hydrogen) atoms.